The summed E-state index contributed by atoms with van der Waals surface area (Å²) in [6.07, 6.45) is 5.72. The Balaban J connectivity index is 2.04. The molecule has 1 fully saturated rings. The van der Waals surface area contributed by atoms with Crippen molar-refractivity contribution >= 4 is 16.3 Å². The maximum Gasteiger partial charge on any atom is 0.275 e. The number of anilines is 1. The molecule has 1 aromatic rings. The summed E-state index contributed by atoms with van der Waals surface area (Å²) in [5.41, 5.74) is 5.68. The van der Waals surface area contributed by atoms with Crippen molar-refractivity contribution in [3.8, 4) is 5.19 Å². The molecule has 2 N–H and O–H groups in total. The molecule has 1 aliphatic rings. The minimum atomic E-state index is 0.310. The third-order valence-electron chi connectivity index (χ3n) is 3.72. The van der Waals surface area contributed by atoms with Gasteiger partial charge in [0, 0.05) is 0 Å². The Morgan fingerprint density at radius 2 is 2.24 bits per heavy atom. The molecule has 1 aliphatic carbocycles. The van der Waals surface area contributed by atoms with E-state index in [1.807, 2.05) is 0 Å². The summed E-state index contributed by atoms with van der Waals surface area (Å²) in [4.78, 5) is 4.20. The summed E-state index contributed by atoms with van der Waals surface area (Å²) in [5.74, 6) is 2.08. The lowest BCUT2D eigenvalue weighted by atomic mass is 9.75. The SMILES string of the molecule is CC1CCC(C(C)C)C(Oc2ncc(N)s2)C1. The lowest BCUT2D eigenvalue weighted by Crippen LogP contribution is -2.36. The molecule has 0 aliphatic heterocycles. The molecule has 2 rings (SSSR count). The van der Waals surface area contributed by atoms with Crippen molar-refractivity contribution in [2.45, 2.75) is 46.1 Å². The van der Waals surface area contributed by atoms with Crippen molar-refractivity contribution in [2.75, 3.05) is 5.73 Å². The zero-order valence-corrected chi connectivity index (χ0v) is 11.7. The summed E-state index contributed by atoms with van der Waals surface area (Å²) in [6, 6.07) is 0. The number of nitrogens with zero attached hydrogens (tertiary/aromatic N) is 1. The molecule has 1 saturated carbocycles. The standard InChI is InChI=1S/C13H22N2OS/c1-8(2)10-5-4-9(3)6-11(10)16-13-15-7-12(14)17-13/h7-11H,4-6,14H2,1-3H3. The van der Waals surface area contributed by atoms with Gasteiger partial charge in [-0.05, 0) is 30.6 Å². The number of rotatable bonds is 3. The largest absolute Gasteiger partial charge is 0.466 e. The fourth-order valence-electron chi connectivity index (χ4n) is 2.70. The van der Waals surface area contributed by atoms with Gasteiger partial charge in [0.15, 0.2) is 0 Å². The minimum Gasteiger partial charge on any atom is -0.466 e. The van der Waals surface area contributed by atoms with Gasteiger partial charge in [-0.25, -0.2) is 4.98 Å². The van der Waals surface area contributed by atoms with E-state index in [0.29, 0.717) is 17.9 Å². The fourth-order valence-corrected chi connectivity index (χ4v) is 3.29. The molecule has 0 spiro atoms. The Hall–Kier alpha value is -0.770. The van der Waals surface area contributed by atoms with Crippen LogP contribution < -0.4 is 10.5 Å². The summed E-state index contributed by atoms with van der Waals surface area (Å²) >= 11 is 1.44. The summed E-state index contributed by atoms with van der Waals surface area (Å²) in [7, 11) is 0. The van der Waals surface area contributed by atoms with Gasteiger partial charge in [0.05, 0.1) is 6.20 Å². The predicted molar refractivity (Wildman–Crippen MR) is 72.3 cm³/mol. The van der Waals surface area contributed by atoms with Crippen molar-refractivity contribution in [1.29, 1.82) is 0 Å². The van der Waals surface area contributed by atoms with E-state index >= 15 is 0 Å². The smallest absolute Gasteiger partial charge is 0.275 e. The maximum atomic E-state index is 6.05. The Bertz CT molecular complexity index is 364. The number of nitrogen functional groups attached to an aromatic ring is 1. The summed E-state index contributed by atoms with van der Waals surface area (Å²) < 4.78 is 6.05. The van der Waals surface area contributed by atoms with Crippen LogP contribution in [-0.4, -0.2) is 11.1 Å². The van der Waals surface area contributed by atoms with Gasteiger partial charge in [-0.15, -0.1) is 0 Å². The van der Waals surface area contributed by atoms with Gasteiger partial charge in [0.1, 0.15) is 11.1 Å². The molecule has 1 heterocycles. The average molecular weight is 254 g/mol. The van der Waals surface area contributed by atoms with Crippen LogP contribution in [0, 0.1) is 17.8 Å². The van der Waals surface area contributed by atoms with Crippen LogP contribution in [0.3, 0.4) is 0 Å². The van der Waals surface area contributed by atoms with Crippen molar-refractivity contribution in [2.24, 2.45) is 17.8 Å². The molecular weight excluding hydrogens is 232 g/mol. The Kier molecular flexibility index (Phi) is 3.92. The highest BCUT2D eigenvalue weighted by molar-refractivity contribution is 7.17. The lowest BCUT2D eigenvalue weighted by molar-refractivity contribution is 0.0458. The number of nitrogens with two attached hydrogens (primary N) is 1. The van der Waals surface area contributed by atoms with Gasteiger partial charge < -0.3 is 10.5 Å². The monoisotopic (exact) mass is 254 g/mol. The highest BCUT2D eigenvalue weighted by Gasteiger charge is 2.32. The van der Waals surface area contributed by atoms with E-state index < -0.39 is 0 Å². The normalized spacial score (nSPS) is 29.5. The Morgan fingerprint density at radius 3 is 2.82 bits per heavy atom. The molecule has 17 heavy (non-hydrogen) atoms. The van der Waals surface area contributed by atoms with Gasteiger partial charge in [0.2, 0.25) is 0 Å². The predicted octanol–water partition coefficient (Wildman–Crippen LogP) is 3.56. The van der Waals surface area contributed by atoms with Gasteiger partial charge in [0.25, 0.3) is 5.19 Å². The molecular formula is C13H22N2OS. The van der Waals surface area contributed by atoms with E-state index in [0.717, 1.165) is 22.5 Å². The molecule has 3 nitrogen and oxygen atoms in total. The molecule has 3 atom stereocenters. The second kappa shape index (κ2) is 5.25. The fraction of sp³-hybridized carbons (Fsp3) is 0.769. The molecule has 0 bridgehead atoms. The highest BCUT2D eigenvalue weighted by Crippen LogP contribution is 2.36. The molecule has 96 valence electrons. The van der Waals surface area contributed by atoms with Crippen LogP contribution in [0.2, 0.25) is 0 Å². The van der Waals surface area contributed by atoms with Crippen molar-refractivity contribution in [1.82, 2.24) is 4.98 Å². The highest BCUT2D eigenvalue weighted by atomic mass is 32.1. The van der Waals surface area contributed by atoms with E-state index in [1.165, 1.54) is 24.2 Å². The first-order chi connectivity index (χ1) is 8.06. The van der Waals surface area contributed by atoms with E-state index in [9.17, 15) is 0 Å². The van der Waals surface area contributed by atoms with Crippen LogP contribution in [0.1, 0.15) is 40.0 Å². The number of hydrogen-bond donors (Lipinski definition) is 1. The second-order valence-electron chi connectivity index (χ2n) is 5.51. The maximum absolute atomic E-state index is 6.05. The zero-order chi connectivity index (χ0) is 12.4. The molecule has 0 saturated heterocycles. The van der Waals surface area contributed by atoms with E-state index in [4.69, 9.17) is 10.5 Å². The van der Waals surface area contributed by atoms with Crippen molar-refractivity contribution < 1.29 is 4.74 Å². The number of ether oxygens (including phenoxy) is 1. The number of thiazole rings is 1. The quantitative estimate of drug-likeness (QED) is 0.897. The summed E-state index contributed by atoms with van der Waals surface area (Å²) in [5, 5.41) is 1.46. The van der Waals surface area contributed by atoms with E-state index in [-0.39, 0.29) is 0 Å². The van der Waals surface area contributed by atoms with Gasteiger partial charge in [-0.3, -0.25) is 0 Å². The third-order valence-corrected chi connectivity index (χ3v) is 4.43. The molecule has 3 unspecified atom stereocenters. The van der Waals surface area contributed by atoms with Crippen LogP contribution in [0.15, 0.2) is 6.20 Å². The Morgan fingerprint density at radius 1 is 1.47 bits per heavy atom. The summed E-state index contributed by atoms with van der Waals surface area (Å²) in [6.45, 7) is 6.88. The van der Waals surface area contributed by atoms with Crippen LogP contribution in [0.5, 0.6) is 5.19 Å². The topological polar surface area (TPSA) is 48.1 Å². The van der Waals surface area contributed by atoms with E-state index in [1.54, 1.807) is 6.20 Å². The van der Waals surface area contributed by atoms with Gasteiger partial charge in [-0.2, -0.15) is 0 Å². The van der Waals surface area contributed by atoms with Crippen LogP contribution in [0.25, 0.3) is 0 Å². The second-order valence-corrected chi connectivity index (χ2v) is 6.54. The average Bonchev–Trinajstić information content (AvgIpc) is 2.63. The molecule has 0 radical (unpaired) electrons. The zero-order valence-electron chi connectivity index (χ0n) is 10.8. The minimum absolute atomic E-state index is 0.310. The lowest BCUT2D eigenvalue weighted by Gasteiger charge is -2.36. The first kappa shape index (κ1) is 12.7. The van der Waals surface area contributed by atoms with Crippen LogP contribution in [-0.2, 0) is 0 Å². The number of hydrogen-bond acceptors (Lipinski definition) is 4. The molecule has 1 aromatic heterocycles. The third kappa shape index (κ3) is 3.12. The van der Waals surface area contributed by atoms with Crippen molar-refractivity contribution in [3.63, 3.8) is 0 Å². The number of aromatic nitrogens is 1. The van der Waals surface area contributed by atoms with E-state index in [2.05, 4.69) is 25.8 Å². The van der Waals surface area contributed by atoms with Gasteiger partial charge >= 0.3 is 0 Å². The van der Waals surface area contributed by atoms with Crippen LogP contribution >= 0.6 is 11.3 Å². The Labute approximate surface area is 107 Å². The molecule has 0 aromatic carbocycles. The van der Waals surface area contributed by atoms with Crippen LogP contribution in [0.4, 0.5) is 5.00 Å². The van der Waals surface area contributed by atoms with Crippen molar-refractivity contribution in [3.05, 3.63) is 6.20 Å². The van der Waals surface area contributed by atoms with Gasteiger partial charge in [-0.1, -0.05) is 38.5 Å². The molecule has 4 heteroatoms. The molecule has 0 amide bonds. The first-order valence-corrected chi connectivity index (χ1v) is 7.26. The first-order valence-electron chi connectivity index (χ1n) is 6.44.